The summed E-state index contributed by atoms with van der Waals surface area (Å²) < 4.78 is 5.48. The third-order valence-corrected chi connectivity index (χ3v) is 5.93. The van der Waals surface area contributed by atoms with Crippen molar-refractivity contribution in [3.8, 4) is 0 Å². The highest BCUT2D eigenvalue weighted by atomic mass is 32.2. The van der Waals surface area contributed by atoms with Crippen molar-refractivity contribution in [3.63, 3.8) is 0 Å². The van der Waals surface area contributed by atoms with E-state index in [4.69, 9.17) is 4.42 Å². The van der Waals surface area contributed by atoms with Crippen molar-refractivity contribution in [2.45, 2.75) is 17.6 Å². The summed E-state index contributed by atoms with van der Waals surface area (Å²) in [4.78, 5) is 26.7. The molecule has 0 radical (unpaired) electrons. The van der Waals surface area contributed by atoms with Crippen LogP contribution in [0.15, 0.2) is 101 Å². The van der Waals surface area contributed by atoms with E-state index in [1.54, 1.807) is 30.0 Å². The van der Waals surface area contributed by atoms with Gasteiger partial charge in [0.15, 0.2) is 5.76 Å². The first-order chi connectivity index (χ1) is 15.6. The van der Waals surface area contributed by atoms with Gasteiger partial charge in [-0.3, -0.25) is 9.59 Å². The van der Waals surface area contributed by atoms with Crippen molar-refractivity contribution >= 4 is 35.0 Å². The van der Waals surface area contributed by atoms with Gasteiger partial charge in [0.1, 0.15) is 0 Å². The molecule has 0 aliphatic heterocycles. The van der Waals surface area contributed by atoms with Crippen LogP contribution in [0.2, 0.25) is 0 Å². The summed E-state index contributed by atoms with van der Waals surface area (Å²) in [5, 5.41) is 5.74. The van der Waals surface area contributed by atoms with E-state index in [2.05, 4.69) is 10.6 Å². The maximum Gasteiger partial charge on any atom is 0.291 e. The zero-order chi connectivity index (χ0) is 22.3. The lowest BCUT2D eigenvalue weighted by Gasteiger charge is -2.11. The van der Waals surface area contributed by atoms with Crippen LogP contribution in [-0.2, 0) is 5.75 Å². The molecule has 4 aromatic rings. The largest absolute Gasteiger partial charge is 0.459 e. The van der Waals surface area contributed by atoms with E-state index in [-0.39, 0.29) is 17.6 Å². The molecule has 5 nitrogen and oxygen atoms in total. The molecular formula is C26H22N2O3S. The number of carbonyl (C=O) groups excluding carboxylic acids is 2. The molecule has 3 aromatic carbocycles. The van der Waals surface area contributed by atoms with E-state index in [0.29, 0.717) is 22.7 Å². The molecule has 2 N–H and O–H groups in total. The second-order valence-corrected chi connectivity index (χ2v) is 8.23. The molecule has 160 valence electrons. The summed E-state index contributed by atoms with van der Waals surface area (Å²) in [7, 11) is 0. The van der Waals surface area contributed by atoms with Crippen molar-refractivity contribution in [3.05, 3.63) is 114 Å². The lowest BCUT2D eigenvalue weighted by atomic mass is 10.1. The van der Waals surface area contributed by atoms with Crippen LogP contribution in [0.4, 0.5) is 11.4 Å². The Hall–Kier alpha value is -3.77. The van der Waals surface area contributed by atoms with Gasteiger partial charge in [-0.25, -0.2) is 0 Å². The molecule has 1 aromatic heterocycles. The molecule has 32 heavy (non-hydrogen) atoms. The minimum atomic E-state index is -0.345. The van der Waals surface area contributed by atoms with Gasteiger partial charge in [0.25, 0.3) is 11.8 Å². The van der Waals surface area contributed by atoms with Crippen molar-refractivity contribution in [2.75, 3.05) is 10.6 Å². The van der Waals surface area contributed by atoms with Crippen LogP contribution in [-0.4, -0.2) is 11.8 Å². The highest BCUT2D eigenvalue weighted by Gasteiger charge is 2.18. The number of aryl methyl sites for hydroxylation is 1. The predicted molar refractivity (Wildman–Crippen MR) is 128 cm³/mol. The molecule has 0 atom stereocenters. The van der Waals surface area contributed by atoms with Crippen LogP contribution in [0.25, 0.3) is 0 Å². The Labute approximate surface area is 190 Å². The number of hydrogen-bond acceptors (Lipinski definition) is 4. The molecule has 0 saturated heterocycles. The van der Waals surface area contributed by atoms with Crippen LogP contribution < -0.4 is 10.6 Å². The second kappa shape index (κ2) is 10.0. The molecule has 0 unspecified atom stereocenters. The molecule has 0 fully saturated rings. The average Bonchev–Trinajstić information content (AvgIpc) is 3.29. The number of benzene rings is 3. The maximum atomic E-state index is 12.9. The monoisotopic (exact) mass is 442 g/mol. The number of anilines is 2. The molecule has 0 aliphatic carbocycles. The fraction of sp³-hybridized carbons (Fsp3) is 0.0769. The Morgan fingerprint density at radius 1 is 0.844 bits per heavy atom. The van der Waals surface area contributed by atoms with E-state index in [1.165, 1.54) is 6.26 Å². The van der Waals surface area contributed by atoms with Crippen molar-refractivity contribution < 1.29 is 14.0 Å². The fourth-order valence-corrected chi connectivity index (χ4v) is 4.03. The molecule has 4 rings (SSSR count). The highest BCUT2D eigenvalue weighted by molar-refractivity contribution is 7.98. The molecule has 0 aliphatic rings. The lowest BCUT2D eigenvalue weighted by Crippen LogP contribution is -2.16. The quantitative estimate of drug-likeness (QED) is 0.326. The van der Waals surface area contributed by atoms with Gasteiger partial charge in [-0.15, -0.1) is 11.8 Å². The topological polar surface area (TPSA) is 71.3 Å². The Balaban J connectivity index is 1.46. The Morgan fingerprint density at radius 3 is 2.31 bits per heavy atom. The summed E-state index contributed by atoms with van der Waals surface area (Å²) in [6, 6.07) is 26.2. The van der Waals surface area contributed by atoms with E-state index in [1.807, 2.05) is 73.7 Å². The molecule has 0 bridgehead atoms. The van der Waals surface area contributed by atoms with Crippen molar-refractivity contribution in [1.29, 1.82) is 0 Å². The first-order valence-electron chi connectivity index (χ1n) is 10.1. The number of carbonyl (C=O) groups is 2. The summed E-state index contributed by atoms with van der Waals surface area (Å²) >= 11 is 1.63. The van der Waals surface area contributed by atoms with E-state index in [0.717, 1.165) is 16.0 Å². The zero-order valence-electron chi connectivity index (χ0n) is 17.5. The molecule has 6 heteroatoms. The fourth-order valence-electron chi connectivity index (χ4n) is 3.13. The third kappa shape index (κ3) is 5.28. The summed E-state index contributed by atoms with van der Waals surface area (Å²) in [6.45, 7) is 1.88. The van der Waals surface area contributed by atoms with E-state index >= 15 is 0 Å². The van der Waals surface area contributed by atoms with E-state index in [9.17, 15) is 9.59 Å². The predicted octanol–water partition coefficient (Wildman–Crippen LogP) is 6.38. The smallest absolute Gasteiger partial charge is 0.291 e. The average molecular weight is 443 g/mol. The van der Waals surface area contributed by atoms with Gasteiger partial charge in [-0.2, -0.15) is 0 Å². The number of nitrogens with one attached hydrogen (secondary N) is 2. The summed E-state index contributed by atoms with van der Waals surface area (Å²) in [5.41, 5.74) is 3.39. The van der Waals surface area contributed by atoms with Crippen LogP contribution in [0.3, 0.4) is 0 Å². The first kappa shape index (κ1) is 21.5. The Bertz CT molecular complexity index is 1220. The normalized spacial score (nSPS) is 10.5. The van der Waals surface area contributed by atoms with Gasteiger partial charge in [0.2, 0.25) is 0 Å². The van der Waals surface area contributed by atoms with Crippen molar-refractivity contribution in [1.82, 2.24) is 0 Å². The van der Waals surface area contributed by atoms with Crippen LogP contribution in [0, 0.1) is 6.92 Å². The van der Waals surface area contributed by atoms with Crippen molar-refractivity contribution in [2.24, 2.45) is 0 Å². The van der Waals surface area contributed by atoms with E-state index < -0.39 is 0 Å². The number of amides is 2. The maximum absolute atomic E-state index is 12.9. The van der Waals surface area contributed by atoms with Gasteiger partial charge in [0, 0.05) is 33.2 Å². The lowest BCUT2D eigenvalue weighted by molar-refractivity contribution is 0.0992. The summed E-state index contributed by atoms with van der Waals surface area (Å²) in [6.07, 6.45) is 1.52. The van der Waals surface area contributed by atoms with Gasteiger partial charge < -0.3 is 15.1 Å². The number of hydrogen-bond donors (Lipinski definition) is 2. The first-order valence-corrected chi connectivity index (χ1v) is 11.1. The minimum absolute atomic E-state index is 0.246. The standard InChI is InChI=1S/C26H22N2O3S/c1-18-12-13-19(25(29)27-21-8-4-2-5-9-21)16-23(18)28-26(30)24-20(14-15-31-24)17-32-22-10-6-3-7-11-22/h2-16H,17H2,1H3,(H,27,29)(H,28,30). The molecule has 1 heterocycles. The Morgan fingerprint density at radius 2 is 1.56 bits per heavy atom. The van der Waals surface area contributed by atoms with Gasteiger partial charge in [0.05, 0.1) is 6.26 Å². The molecule has 0 spiro atoms. The molecule has 0 saturated carbocycles. The number of para-hydroxylation sites is 1. The number of thioether (sulfide) groups is 1. The summed E-state index contributed by atoms with van der Waals surface area (Å²) in [5.74, 6) is 0.292. The SMILES string of the molecule is Cc1ccc(C(=O)Nc2ccccc2)cc1NC(=O)c1occc1CSc1ccccc1. The van der Waals surface area contributed by atoms with Crippen LogP contribution >= 0.6 is 11.8 Å². The number of furan rings is 1. The van der Waals surface area contributed by atoms with Gasteiger partial charge >= 0.3 is 0 Å². The molecule has 2 amide bonds. The second-order valence-electron chi connectivity index (χ2n) is 7.18. The zero-order valence-corrected chi connectivity index (χ0v) is 18.3. The highest BCUT2D eigenvalue weighted by Crippen LogP contribution is 2.26. The Kier molecular flexibility index (Phi) is 6.72. The molecular weight excluding hydrogens is 420 g/mol. The number of rotatable bonds is 7. The van der Waals surface area contributed by atoms with Gasteiger partial charge in [-0.1, -0.05) is 42.5 Å². The van der Waals surface area contributed by atoms with Crippen LogP contribution in [0.5, 0.6) is 0 Å². The van der Waals surface area contributed by atoms with Gasteiger partial charge in [-0.05, 0) is 55.0 Å². The van der Waals surface area contributed by atoms with Crippen LogP contribution in [0.1, 0.15) is 32.0 Å². The minimum Gasteiger partial charge on any atom is -0.459 e. The third-order valence-electron chi connectivity index (χ3n) is 4.87.